The topological polar surface area (TPSA) is 124 Å². The van der Waals surface area contributed by atoms with Gasteiger partial charge in [0.15, 0.2) is 17.0 Å². The molecule has 3 aromatic heterocycles. The van der Waals surface area contributed by atoms with Gasteiger partial charge in [-0.15, -0.1) is 0 Å². The van der Waals surface area contributed by atoms with Crippen molar-refractivity contribution in [3.8, 4) is 0 Å². The molecule has 1 saturated carbocycles. The summed E-state index contributed by atoms with van der Waals surface area (Å²) in [5.41, 5.74) is 1.51. The summed E-state index contributed by atoms with van der Waals surface area (Å²) in [6.07, 6.45) is 7.83. The third-order valence-corrected chi connectivity index (χ3v) is 6.73. The molecule has 0 unspecified atom stereocenters. The van der Waals surface area contributed by atoms with E-state index in [-0.39, 0.29) is 23.6 Å². The average molecular weight is 495 g/mol. The fraction of sp³-hybridized carbons (Fsp3) is 0.400. The summed E-state index contributed by atoms with van der Waals surface area (Å²) < 4.78 is 22.0. The predicted molar refractivity (Wildman–Crippen MR) is 129 cm³/mol. The molecule has 5 rings (SSSR count). The van der Waals surface area contributed by atoms with Gasteiger partial charge in [0, 0.05) is 26.2 Å². The Morgan fingerprint density at radius 2 is 1.89 bits per heavy atom. The van der Waals surface area contributed by atoms with Gasteiger partial charge in [-0.3, -0.25) is 14.2 Å². The van der Waals surface area contributed by atoms with Crippen LogP contribution in [0.5, 0.6) is 0 Å². The maximum absolute atomic E-state index is 14.3. The van der Waals surface area contributed by atoms with Crippen molar-refractivity contribution in [1.29, 1.82) is 0 Å². The lowest BCUT2D eigenvalue weighted by molar-refractivity contribution is 0.0938. The van der Waals surface area contributed by atoms with Crippen molar-refractivity contribution in [3.05, 3.63) is 63.8 Å². The number of halogens is 1. The molecule has 4 aromatic rings. The predicted octanol–water partition coefficient (Wildman–Crippen LogP) is 2.94. The van der Waals surface area contributed by atoms with Crippen molar-refractivity contribution in [2.24, 2.45) is 13.0 Å². The Labute approximate surface area is 205 Å². The van der Waals surface area contributed by atoms with Crippen LogP contribution in [0.4, 0.5) is 4.39 Å². The molecular formula is C25H27FN6O4. The van der Waals surface area contributed by atoms with Crippen molar-refractivity contribution in [1.82, 2.24) is 29.8 Å². The van der Waals surface area contributed by atoms with Crippen LogP contribution in [-0.2, 0) is 13.6 Å². The van der Waals surface area contributed by atoms with E-state index in [4.69, 9.17) is 4.42 Å². The zero-order valence-electron chi connectivity index (χ0n) is 19.9. The molecule has 10 nitrogen and oxygen atoms in total. The number of aromatic nitrogens is 4. The highest BCUT2D eigenvalue weighted by molar-refractivity contribution is 5.98. The first-order valence-corrected chi connectivity index (χ1v) is 12.1. The van der Waals surface area contributed by atoms with E-state index >= 15 is 0 Å². The van der Waals surface area contributed by atoms with Crippen molar-refractivity contribution in [2.75, 3.05) is 6.54 Å². The Bertz CT molecular complexity index is 1500. The SMILES string of the molecule is Cn1c(=O)oc2ccc(CNC(=O)c3cc(C(=O)NCC4CCCCCC4)n4ncc(F)c4n3)cc21. The number of nitrogens with one attached hydrogen (secondary N) is 2. The van der Waals surface area contributed by atoms with E-state index in [2.05, 4.69) is 20.7 Å². The zero-order chi connectivity index (χ0) is 25.2. The smallest absolute Gasteiger partial charge is 0.408 e. The minimum absolute atomic E-state index is 0.0393. The van der Waals surface area contributed by atoms with E-state index in [9.17, 15) is 18.8 Å². The van der Waals surface area contributed by atoms with Crippen LogP contribution in [0, 0.1) is 11.7 Å². The Morgan fingerprint density at radius 1 is 1.11 bits per heavy atom. The summed E-state index contributed by atoms with van der Waals surface area (Å²) >= 11 is 0. The van der Waals surface area contributed by atoms with Crippen molar-refractivity contribution in [2.45, 2.75) is 45.1 Å². The number of oxazole rings is 1. The normalized spacial score (nSPS) is 14.7. The van der Waals surface area contributed by atoms with Crippen LogP contribution in [0.3, 0.4) is 0 Å². The van der Waals surface area contributed by atoms with Crippen molar-refractivity contribution in [3.63, 3.8) is 0 Å². The van der Waals surface area contributed by atoms with Gasteiger partial charge in [-0.1, -0.05) is 31.7 Å². The molecule has 1 aromatic carbocycles. The number of hydrogen-bond acceptors (Lipinski definition) is 6. The molecule has 0 spiro atoms. The monoisotopic (exact) mass is 494 g/mol. The summed E-state index contributed by atoms with van der Waals surface area (Å²) in [4.78, 5) is 41.7. The molecule has 0 atom stereocenters. The standard InChI is InChI=1S/C25H27FN6O4/c1-31-19-10-16(8-9-21(19)36-25(31)35)13-27-23(33)18-11-20(32-22(30-18)17(26)14-29-32)24(34)28-12-15-6-4-2-3-5-7-15/h8-11,14-15H,2-7,12-13H2,1H3,(H,27,33)(H,28,34). The minimum Gasteiger partial charge on any atom is -0.408 e. The molecule has 1 fully saturated rings. The van der Waals surface area contributed by atoms with E-state index < -0.39 is 23.4 Å². The molecule has 1 aliphatic rings. The number of fused-ring (bicyclic) bond motifs is 2. The number of benzene rings is 1. The molecule has 0 saturated heterocycles. The molecule has 2 N–H and O–H groups in total. The number of nitrogens with zero attached hydrogens (tertiary/aromatic N) is 4. The Morgan fingerprint density at radius 3 is 2.67 bits per heavy atom. The van der Waals surface area contributed by atoms with E-state index in [1.165, 1.54) is 23.5 Å². The molecule has 0 bridgehead atoms. The summed E-state index contributed by atoms with van der Waals surface area (Å²) in [5.74, 6) is -1.81. The fourth-order valence-electron chi connectivity index (χ4n) is 4.66. The first-order valence-electron chi connectivity index (χ1n) is 12.1. The van der Waals surface area contributed by atoms with Gasteiger partial charge in [-0.2, -0.15) is 5.10 Å². The van der Waals surface area contributed by atoms with Crippen LogP contribution < -0.4 is 16.4 Å². The van der Waals surface area contributed by atoms with E-state index in [0.717, 1.165) is 42.0 Å². The molecular weight excluding hydrogens is 467 g/mol. The second-order valence-corrected chi connectivity index (χ2v) is 9.23. The van der Waals surface area contributed by atoms with Crippen LogP contribution in [0.1, 0.15) is 65.1 Å². The fourth-order valence-corrected chi connectivity index (χ4v) is 4.66. The number of carbonyl (C=O) groups excluding carboxylic acids is 2. The number of amides is 2. The second kappa shape index (κ2) is 9.92. The van der Waals surface area contributed by atoms with Crippen LogP contribution in [0.25, 0.3) is 16.7 Å². The van der Waals surface area contributed by atoms with Crippen LogP contribution in [-0.4, -0.2) is 37.5 Å². The van der Waals surface area contributed by atoms with Gasteiger partial charge in [0.2, 0.25) is 0 Å². The van der Waals surface area contributed by atoms with Gasteiger partial charge in [-0.25, -0.2) is 18.7 Å². The molecule has 2 amide bonds. The molecule has 1 aliphatic carbocycles. The summed E-state index contributed by atoms with van der Waals surface area (Å²) in [6.45, 7) is 0.652. The lowest BCUT2D eigenvalue weighted by Gasteiger charge is -2.15. The zero-order valence-corrected chi connectivity index (χ0v) is 19.9. The Balaban J connectivity index is 1.34. The Kier molecular flexibility index (Phi) is 6.53. The van der Waals surface area contributed by atoms with Crippen molar-refractivity contribution < 1.29 is 18.4 Å². The number of carbonyl (C=O) groups is 2. The third-order valence-electron chi connectivity index (χ3n) is 6.73. The molecule has 188 valence electrons. The maximum Gasteiger partial charge on any atom is 0.419 e. The van der Waals surface area contributed by atoms with Gasteiger partial charge in [-0.05, 0) is 36.5 Å². The first kappa shape index (κ1) is 23.7. The maximum atomic E-state index is 14.3. The lowest BCUT2D eigenvalue weighted by Crippen LogP contribution is -2.32. The Hall–Kier alpha value is -4.02. The van der Waals surface area contributed by atoms with Gasteiger partial charge >= 0.3 is 5.76 Å². The molecule has 0 aliphatic heterocycles. The highest BCUT2D eigenvalue weighted by Gasteiger charge is 2.21. The summed E-state index contributed by atoms with van der Waals surface area (Å²) in [5, 5.41) is 9.60. The largest absolute Gasteiger partial charge is 0.419 e. The minimum atomic E-state index is -0.728. The highest BCUT2D eigenvalue weighted by Crippen LogP contribution is 2.22. The van der Waals surface area contributed by atoms with E-state index in [1.807, 2.05) is 0 Å². The van der Waals surface area contributed by atoms with Gasteiger partial charge in [0.05, 0.1) is 11.7 Å². The average Bonchev–Trinajstić information content (AvgIpc) is 3.25. The van der Waals surface area contributed by atoms with Crippen LogP contribution in [0.15, 0.2) is 39.7 Å². The summed E-state index contributed by atoms with van der Waals surface area (Å²) in [6, 6.07) is 6.44. The van der Waals surface area contributed by atoms with E-state index in [1.54, 1.807) is 25.2 Å². The van der Waals surface area contributed by atoms with Gasteiger partial charge < -0.3 is 15.1 Å². The third kappa shape index (κ3) is 4.73. The highest BCUT2D eigenvalue weighted by atomic mass is 19.1. The second-order valence-electron chi connectivity index (χ2n) is 9.23. The molecule has 3 heterocycles. The van der Waals surface area contributed by atoms with Crippen LogP contribution >= 0.6 is 0 Å². The van der Waals surface area contributed by atoms with Crippen LogP contribution in [0.2, 0.25) is 0 Å². The lowest BCUT2D eigenvalue weighted by atomic mass is 10.0. The molecule has 36 heavy (non-hydrogen) atoms. The number of aryl methyl sites for hydroxylation is 1. The van der Waals surface area contributed by atoms with Gasteiger partial charge in [0.25, 0.3) is 11.8 Å². The van der Waals surface area contributed by atoms with Gasteiger partial charge in [0.1, 0.15) is 11.4 Å². The first-order chi connectivity index (χ1) is 17.4. The molecule has 11 heteroatoms. The quantitative estimate of drug-likeness (QED) is 0.397. The number of rotatable bonds is 6. The van der Waals surface area contributed by atoms with Crippen molar-refractivity contribution >= 4 is 28.6 Å². The van der Waals surface area contributed by atoms with E-state index in [0.29, 0.717) is 23.6 Å². The molecule has 0 radical (unpaired) electrons. The summed E-state index contributed by atoms with van der Waals surface area (Å²) in [7, 11) is 1.60. The number of hydrogen-bond donors (Lipinski definition) is 2.